The molecule has 0 saturated heterocycles. The van der Waals surface area contributed by atoms with Gasteiger partial charge in [-0.25, -0.2) is 14.8 Å². The minimum absolute atomic E-state index is 0.143. The van der Waals surface area contributed by atoms with E-state index in [1.807, 2.05) is 0 Å². The summed E-state index contributed by atoms with van der Waals surface area (Å²) in [5.41, 5.74) is 0.323. The Morgan fingerprint density at radius 3 is 2.76 bits per heavy atom. The second kappa shape index (κ2) is 10.6. The molecule has 1 unspecified atom stereocenters. The van der Waals surface area contributed by atoms with Crippen molar-refractivity contribution in [2.24, 2.45) is 0 Å². The zero-order chi connectivity index (χ0) is 26.7. The number of hydrogen-bond donors (Lipinski definition) is 3. The fourth-order valence-corrected chi connectivity index (χ4v) is 4.18. The summed E-state index contributed by atoms with van der Waals surface area (Å²) in [6, 6.07) is 4.99. The van der Waals surface area contributed by atoms with Crippen molar-refractivity contribution in [3.05, 3.63) is 36.2 Å². The van der Waals surface area contributed by atoms with Crippen molar-refractivity contribution in [2.45, 2.75) is 64.2 Å². The van der Waals surface area contributed by atoms with Gasteiger partial charge in [0.2, 0.25) is 5.88 Å². The van der Waals surface area contributed by atoms with Gasteiger partial charge in [-0.3, -0.25) is 9.69 Å². The molecular formula is C25H33N7O5. The molecule has 0 spiro atoms. The Morgan fingerprint density at radius 1 is 1.27 bits per heavy atom. The standard InChI is InChI=1S/C25H33N7O5/c1-25(2,3)37-24(35)31(4)20-13-19(29-18-10-7-11-26-23(18)36-5)30-21-17(14-27-32(20)21)22(34)28-15-8-6-9-16(33)12-15/h7,10-11,13-16,33H,6,8-9,12H2,1-5H3,(H,28,34)(H,29,30)/t15?,16-/m0/s1. The summed E-state index contributed by atoms with van der Waals surface area (Å²) in [5, 5.41) is 20.5. The molecule has 0 aromatic carbocycles. The number of nitrogens with zero attached hydrogens (tertiary/aromatic N) is 5. The summed E-state index contributed by atoms with van der Waals surface area (Å²) in [6.07, 6.45) is 4.85. The number of rotatable bonds is 6. The number of methoxy groups -OCH3 is 1. The highest BCUT2D eigenvalue weighted by Gasteiger charge is 2.27. The van der Waals surface area contributed by atoms with Crippen LogP contribution in [0.3, 0.4) is 0 Å². The monoisotopic (exact) mass is 511 g/mol. The number of pyridine rings is 1. The number of hydrogen-bond acceptors (Lipinski definition) is 9. The van der Waals surface area contributed by atoms with Crippen LogP contribution in [-0.4, -0.2) is 68.6 Å². The fourth-order valence-electron chi connectivity index (χ4n) is 4.18. The van der Waals surface area contributed by atoms with Crippen LogP contribution in [0, 0.1) is 0 Å². The number of anilines is 3. The van der Waals surface area contributed by atoms with E-state index in [0.717, 1.165) is 19.3 Å². The van der Waals surface area contributed by atoms with E-state index < -0.39 is 17.8 Å². The van der Waals surface area contributed by atoms with Gasteiger partial charge in [0, 0.05) is 25.4 Å². The average Bonchev–Trinajstić information content (AvgIpc) is 3.26. The van der Waals surface area contributed by atoms with Gasteiger partial charge in [0.05, 0.1) is 19.4 Å². The Bertz CT molecular complexity index is 1290. The summed E-state index contributed by atoms with van der Waals surface area (Å²) >= 11 is 0. The van der Waals surface area contributed by atoms with E-state index in [1.165, 1.54) is 22.7 Å². The lowest BCUT2D eigenvalue weighted by molar-refractivity contribution is 0.0587. The molecule has 0 aliphatic heterocycles. The van der Waals surface area contributed by atoms with E-state index in [0.29, 0.717) is 29.6 Å². The van der Waals surface area contributed by atoms with Gasteiger partial charge in [-0.1, -0.05) is 0 Å². The Labute approximate surface area is 215 Å². The Balaban J connectivity index is 1.74. The molecule has 12 heteroatoms. The van der Waals surface area contributed by atoms with E-state index >= 15 is 0 Å². The first-order valence-corrected chi connectivity index (χ1v) is 12.2. The smallest absolute Gasteiger partial charge is 0.415 e. The SMILES string of the molecule is COc1ncccc1Nc1cc(N(C)C(=O)OC(C)(C)C)n2ncc(C(=O)NC3CCC[C@H](O)C3)c2n1. The third-order valence-corrected chi connectivity index (χ3v) is 5.92. The quantitative estimate of drug-likeness (QED) is 0.454. The number of carbonyl (C=O) groups excluding carboxylic acids is 2. The van der Waals surface area contributed by atoms with Crippen LogP contribution in [0.4, 0.5) is 22.1 Å². The molecule has 198 valence electrons. The lowest BCUT2D eigenvalue weighted by atomic mass is 9.93. The number of fused-ring (bicyclic) bond motifs is 1. The van der Waals surface area contributed by atoms with Crippen molar-refractivity contribution in [1.82, 2.24) is 24.9 Å². The molecule has 3 aromatic rings. The van der Waals surface area contributed by atoms with Gasteiger partial charge in [0.25, 0.3) is 5.91 Å². The Kier molecular flexibility index (Phi) is 7.48. The van der Waals surface area contributed by atoms with E-state index in [1.54, 1.807) is 52.2 Å². The minimum Gasteiger partial charge on any atom is -0.480 e. The van der Waals surface area contributed by atoms with Gasteiger partial charge in [-0.2, -0.15) is 9.61 Å². The Hall–Kier alpha value is -3.93. The molecular weight excluding hydrogens is 478 g/mol. The number of nitrogens with one attached hydrogen (secondary N) is 2. The van der Waals surface area contributed by atoms with Crippen LogP contribution >= 0.6 is 0 Å². The van der Waals surface area contributed by atoms with Crippen molar-refractivity contribution in [3.8, 4) is 5.88 Å². The second-order valence-electron chi connectivity index (χ2n) is 10.0. The first-order chi connectivity index (χ1) is 17.6. The van der Waals surface area contributed by atoms with Crippen molar-refractivity contribution >= 4 is 35.0 Å². The molecule has 12 nitrogen and oxygen atoms in total. The van der Waals surface area contributed by atoms with Crippen LogP contribution in [0.25, 0.3) is 5.65 Å². The van der Waals surface area contributed by atoms with Gasteiger partial charge >= 0.3 is 6.09 Å². The predicted octanol–water partition coefficient (Wildman–Crippen LogP) is 3.28. The first-order valence-electron chi connectivity index (χ1n) is 12.2. The summed E-state index contributed by atoms with van der Waals surface area (Å²) in [4.78, 5) is 36.2. The maximum Gasteiger partial charge on any atom is 0.415 e. The number of carbonyl (C=O) groups is 2. The van der Waals surface area contributed by atoms with Crippen molar-refractivity contribution < 1.29 is 24.2 Å². The number of amides is 2. The lowest BCUT2D eigenvalue weighted by Gasteiger charge is -2.26. The lowest BCUT2D eigenvalue weighted by Crippen LogP contribution is -2.39. The molecule has 2 amide bonds. The second-order valence-corrected chi connectivity index (χ2v) is 10.0. The third kappa shape index (κ3) is 6.08. The topological polar surface area (TPSA) is 143 Å². The van der Waals surface area contributed by atoms with Crippen LogP contribution in [0.5, 0.6) is 5.88 Å². The van der Waals surface area contributed by atoms with Crippen molar-refractivity contribution in [2.75, 3.05) is 24.4 Å². The fraction of sp³-hybridized carbons (Fsp3) is 0.480. The molecule has 3 aromatic heterocycles. The number of ether oxygens (including phenoxy) is 2. The zero-order valence-corrected chi connectivity index (χ0v) is 21.7. The highest BCUT2D eigenvalue weighted by Crippen LogP contribution is 2.28. The van der Waals surface area contributed by atoms with Crippen LogP contribution in [0.15, 0.2) is 30.6 Å². The maximum atomic E-state index is 13.2. The van der Waals surface area contributed by atoms with Crippen LogP contribution < -0.4 is 20.3 Å². The predicted molar refractivity (Wildman–Crippen MR) is 137 cm³/mol. The van der Waals surface area contributed by atoms with Crippen LogP contribution in [0.2, 0.25) is 0 Å². The highest BCUT2D eigenvalue weighted by atomic mass is 16.6. The van der Waals surface area contributed by atoms with E-state index in [4.69, 9.17) is 9.47 Å². The minimum atomic E-state index is -0.707. The zero-order valence-electron chi connectivity index (χ0n) is 21.7. The molecule has 4 rings (SSSR count). The normalized spacial score (nSPS) is 17.8. The van der Waals surface area contributed by atoms with Gasteiger partial charge < -0.3 is 25.2 Å². The summed E-state index contributed by atoms with van der Waals surface area (Å²) in [7, 11) is 3.07. The molecule has 1 fully saturated rings. The maximum absolute atomic E-state index is 13.2. The summed E-state index contributed by atoms with van der Waals surface area (Å²) in [6.45, 7) is 5.34. The van der Waals surface area contributed by atoms with Crippen LogP contribution in [0.1, 0.15) is 56.8 Å². The molecule has 0 bridgehead atoms. The molecule has 0 radical (unpaired) electrons. The molecule has 1 aliphatic rings. The van der Waals surface area contributed by atoms with Gasteiger partial charge in [-0.15, -0.1) is 0 Å². The van der Waals surface area contributed by atoms with Gasteiger partial charge in [0.1, 0.15) is 28.5 Å². The molecule has 2 atom stereocenters. The molecule has 1 aliphatic carbocycles. The van der Waals surface area contributed by atoms with Crippen LogP contribution in [-0.2, 0) is 4.74 Å². The first kappa shape index (κ1) is 26.1. The highest BCUT2D eigenvalue weighted by molar-refractivity contribution is 6.00. The molecule has 37 heavy (non-hydrogen) atoms. The third-order valence-electron chi connectivity index (χ3n) is 5.92. The number of aliphatic hydroxyl groups excluding tert-OH is 1. The molecule has 1 saturated carbocycles. The largest absolute Gasteiger partial charge is 0.480 e. The van der Waals surface area contributed by atoms with E-state index in [2.05, 4.69) is 25.7 Å². The van der Waals surface area contributed by atoms with Crippen molar-refractivity contribution in [1.29, 1.82) is 0 Å². The van der Waals surface area contributed by atoms with E-state index in [9.17, 15) is 14.7 Å². The van der Waals surface area contributed by atoms with Crippen molar-refractivity contribution in [3.63, 3.8) is 0 Å². The van der Waals surface area contributed by atoms with E-state index in [-0.39, 0.29) is 23.2 Å². The molecule has 3 N–H and O–H groups in total. The number of aromatic nitrogens is 4. The Morgan fingerprint density at radius 2 is 2.05 bits per heavy atom. The summed E-state index contributed by atoms with van der Waals surface area (Å²) < 4.78 is 12.3. The summed E-state index contributed by atoms with van der Waals surface area (Å²) in [5.74, 6) is 0.667. The van der Waals surface area contributed by atoms with Gasteiger partial charge in [-0.05, 0) is 58.6 Å². The van der Waals surface area contributed by atoms with Gasteiger partial charge in [0.15, 0.2) is 5.65 Å². The average molecular weight is 512 g/mol. The number of aliphatic hydroxyl groups is 1. The molecule has 3 heterocycles.